The van der Waals surface area contributed by atoms with Gasteiger partial charge >= 0.3 is 0 Å². The highest BCUT2D eigenvalue weighted by Gasteiger charge is 2.22. The molecule has 1 aliphatic carbocycles. The summed E-state index contributed by atoms with van der Waals surface area (Å²) in [6, 6.07) is 5.17. The molecule has 0 aliphatic heterocycles. The molecule has 1 aromatic carbocycles. The van der Waals surface area contributed by atoms with Gasteiger partial charge in [-0.15, -0.1) is 0 Å². The van der Waals surface area contributed by atoms with E-state index in [1.54, 1.807) is 22.3 Å². The first-order valence-electron chi connectivity index (χ1n) is 23.8. The molecule has 0 aromatic heterocycles. The zero-order valence-electron chi connectivity index (χ0n) is 39.0. The lowest BCUT2D eigenvalue weighted by Gasteiger charge is -2.22. The second kappa shape index (κ2) is 34.2. The van der Waals surface area contributed by atoms with Gasteiger partial charge in [0.15, 0.2) is 0 Å². The Kier molecular flexibility index (Phi) is 32.9. The summed E-state index contributed by atoms with van der Waals surface area (Å²) in [6.45, 7) is 29.9. The number of benzene rings is 1. The molecule has 0 amide bonds. The van der Waals surface area contributed by atoms with Crippen LogP contribution in [0.4, 0.5) is 0 Å². The van der Waals surface area contributed by atoms with Crippen molar-refractivity contribution in [3.63, 3.8) is 0 Å². The van der Waals surface area contributed by atoms with Crippen LogP contribution in [0.5, 0.6) is 0 Å². The maximum Gasteiger partial charge on any atom is -0.0152 e. The third-order valence-electron chi connectivity index (χ3n) is 11.2. The molecule has 1 aliphatic rings. The highest BCUT2D eigenvalue weighted by molar-refractivity contribution is 5.80. The molecule has 0 nitrogen and oxygen atoms in total. The molecule has 0 heteroatoms. The van der Waals surface area contributed by atoms with E-state index < -0.39 is 0 Å². The maximum atomic E-state index is 2.58. The van der Waals surface area contributed by atoms with E-state index in [0.717, 1.165) is 18.8 Å². The molecular formula is C54H94. The highest BCUT2D eigenvalue weighted by atomic mass is 14.3. The number of rotatable bonds is 26. The summed E-state index contributed by atoms with van der Waals surface area (Å²) in [4.78, 5) is 0. The minimum atomic E-state index is 0.675. The fourth-order valence-electron chi connectivity index (χ4n) is 7.39. The number of hydrogen-bond acceptors (Lipinski definition) is 0. The fraction of sp³-hybridized carbons (Fsp3) is 0.704. The number of allylic oxidation sites excluding steroid dienone is 10. The van der Waals surface area contributed by atoms with Crippen molar-refractivity contribution in [1.29, 1.82) is 0 Å². The van der Waals surface area contributed by atoms with Crippen molar-refractivity contribution in [2.45, 2.75) is 244 Å². The minimum Gasteiger partial charge on any atom is -0.0770 e. The molecule has 2 rings (SSSR count). The van der Waals surface area contributed by atoms with Crippen LogP contribution in [0.2, 0.25) is 0 Å². The van der Waals surface area contributed by atoms with Gasteiger partial charge in [-0.05, 0) is 129 Å². The van der Waals surface area contributed by atoms with Crippen LogP contribution in [0, 0.1) is 12.8 Å². The Labute approximate surface area is 341 Å². The van der Waals surface area contributed by atoms with Gasteiger partial charge in [-0.2, -0.15) is 0 Å². The van der Waals surface area contributed by atoms with Crippen LogP contribution in [0.25, 0.3) is 5.57 Å². The predicted octanol–water partition coefficient (Wildman–Crippen LogP) is 19.1. The lowest BCUT2D eigenvalue weighted by Crippen LogP contribution is -2.05. The lowest BCUT2D eigenvalue weighted by molar-refractivity contribution is 0.527. The Balaban J connectivity index is 0.00000247. The molecule has 0 N–H and O–H groups in total. The zero-order valence-corrected chi connectivity index (χ0v) is 39.0. The first-order valence-corrected chi connectivity index (χ1v) is 23.8. The zero-order chi connectivity index (χ0) is 40.6. The average molecular weight is 743 g/mol. The fourth-order valence-corrected chi connectivity index (χ4v) is 7.39. The molecule has 0 spiro atoms. The van der Waals surface area contributed by atoms with Crippen molar-refractivity contribution in [1.82, 2.24) is 0 Å². The van der Waals surface area contributed by atoms with Crippen molar-refractivity contribution >= 4 is 5.57 Å². The Morgan fingerprint density at radius 3 is 1.70 bits per heavy atom. The number of aryl methyl sites for hydroxylation is 2. The minimum absolute atomic E-state index is 0.675. The predicted molar refractivity (Wildman–Crippen MR) is 251 cm³/mol. The quantitative estimate of drug-likeness (QED) is 0.0655. The second-order valence-corrected chi connectivity index (χ2v) is 16.5. The second-order valence-electron chi connectivity index (χ2n) is 16.5. The van der Waals surface area contributed by atoms with Gasteiger partial charge in [0, 0.05) is 0 Å². The van der Waals surface area contributed by atoms with Crippen molar-refractivity contribution in [3.05, 3.63) is 87.1 Å². The molecule has 1 unspecified atom stereocenters. The summed E-state index contributed by atoms with van der Waals surface area (Å²) in [7, 11) is 0. The summed E-state index contributed by atoms with van der Waals surface area (Å²) in [5.74, 6) is 1.50. The van der Waals surface area contributed by atoms with Crippen LogP contribution in [0.15, 0.2) is 64.8 Å². The number of hydrogen-bond donors (Lipinski definition) is 0. The van der Waals surface area contributed by atoms with Gasteiger partial charge in [0.05, 0.1) is 0 Å². The van der Waals surface area contributed by atoms with Gasteiger partial charge in [0.25, 0.3) is 0 Å². The molecule has 310 valence electrons. The van der Waals surface area contributed by atoms with Crippen molar-refractivity contribution in [3.8, 4) is 0 Å². The molecular weight excluding hydrogens is 649 g/mol. The van der Waals surface area contributed by atoms with Gasteiger partial charge in [-0.3, -0.25) is 0 Å². The van der Waals surface area contributed by atoms with E-state index in [9.17, 15) is 0 Å². The summed E-state index contributed by atoms with van der Waals surface area (Å²) >= 11 is 0. The summed E-state index contributed by atoms with van der Waals surface area (Å²) in [5, 5.41) is 0. The molecule has 1 saturated carbocycles. The molecule has 0 bridgehead atoms. The molecule has 1 atom stereocenters. The summed E-state index contributed by atoms with van der Waals surface area (Å²) in [5.41, 5.74) is 13.4. The van der Waals surface area contributed by atoms with E-state index in [-0.39, 0.29) is 0 Å². The molecule has 0 saturated heterocycles. The standard InChI is InChI=1S/C44H70.2C5H12/c1-10-16-18-19-20-21-25-38(14-5)44-30-36(9)43(33-39(44)15-6)42(31-37(22-12-3)23-13-4)32-41(24-17-11-2)35(8)27-26-34(7)40-28-29-40;2*1-3-5-4-2/h24,26-27,30-33,38,40H,10-23,25,28-29H2,1-9H3;2*3-5H2,1-2H3/b34-26-,35-27+,41-24-,42-32-;;. The molecule has 54 heavy (non-hydrogen) atoms. The van der Waals surface area contributed by atoms with E-state index in [0.29, 0.717) is 5.92 Å². The van der Waals surface area contributed by atoms with Crippen molar-refractivity contribution < 1.29 is 0 Å². The molecule has 1 aromatic rings. The summed E-state index contributed by atoms with van der Waals surface area (Å²) in [6.07, 6.45) is 42.3. The Morgan fingerprint density at radius 1 is 0.648 bits per heavy atom. The van der Waals surface area contributed by atoms with E-state index in [1.165, 1.54) is 163 Å². The lowest BCUT2D eigenvalue weighted by atomic mass is 9.83. The SMILES string of the molecule is CCC/C=C(/C=C(/C=C(CCC)CCC)c1cc(CC)c(C(CC)CCCCCCCC)cc1C)C(\C)=C\C=C(\C)C1CC1.CCCCC.CCCCC. The van der Waals surface area contributed by atoms with Crippen LogP contribution in [-0.4, -0.2) is 0 Å². The Morgan fingerprint density at radius 2 is 1.22 bits per heavy atom. The van der Waals surface area contributed by atoms with Crippen LogP contribution >= 0.6 is 0 Å². The first kappa shape index (κ1) is 51.9. The third-order valence-corrected chi connectivity index (χ3v) is 11.2. The van der Waals surface area contributed by atoms with Crippen LogP contribution in [-0.2, 0) is 6.42 Å². The normalized spacial score (nSPS) is 14.2. The molecule has 0 heterocycles. The van der Waals surface area contributed by atoms with E-state index in [4.69, 9.17) is 0 Å². The first-order chi connectivity index (χ1) is 26.2. The topological polar surface area (TPSA) is 0 Å². The van der Waals surface area contributed by atoms with Gasteiger partial charge in [-0.25, -0.2) is 0 Å². The third kappa shape index (κ3) is 23.1. The number of unbranched alkanes of at least 4 members (excludes halogenated alkanes) is 10. The molecule has 0 radical (unpaired) electrons. The van der Waals surface area contributed by atoms with E-state index in [2.05, 4.69) is 133 Å². The van der Waals surface area contributed by atoms with Gasteiger partial charge in [0.1, 0.15) is 0 Å². The van der Waals surface area contributed by atoms with Gasteiger partial charge in [0.2, 0.25) is 0 Å². The van der Waals surface area contributed by atoms with Crippen LogP contribution in [0.3, 0.4) is 0 Å². The van der Waals surface area contributed by atoms with Crippen molar-refractivity contribution in [2.24, 2.45) is 5.92 Å². The Hall–Kier alpha value is -2.08. The van der Waals surface area contributed by atoms with Gasteiger partial charge < -0.3 is 0 Å². The Bertz CT molecular complexity index is 1200. The van der Waals surface area contributed by atoms with Crippen LogP contribution < -0.4 is 0 Å². The highest BCUT2D eigenvalue weighted by Crippen LogP contribution is 2.37. The monoisotopic (exact) mass is 743 g/mol. The average Bonchev–Trinajstić information content (AvgIpc) is 4.02. The van der Waals surface area contributed by atoms with E-state index in [1.807, 2.05) is 0 Å². The summed E-state index contributed by atoms with van der Waals surface area (Å²) < 4.78 is 0. The van der Waals surface area contributed by atoms with Crippen LogP contribution in [0.1, 0.15) is 253 Å². The molecule has 1 fully saturated rings. The van der Waals surface area contributed by atoms with Gasteiger partial charge in [-0.1, -0.05) is 213 Å². The smallest absolute Gasteiger partial charge is 0.0152 e. The van der Waals surface area contributed by atoms with E-state index >= 15 is 0 Å². The van der Waals surface area contributed by atoms with Crippen molar-refractivity contribution in [2.75, 3.05) is 0 Å². The maximum absolute atomic E-state index is 2.58. The largest absolute Gasteiger partial charge is 0.0770 e.